The standard InChI is InChI=1S/C20H31N3O/c1-22-11-12-23(16-20(22)7-9-21-10-8-20)15-17-6-13-24-19-5-3-2-4-18(19)14-17/h2-5,17,21H,6-16H2,1H3. The number of hydrogen-bond acceptors (Lipinski definition) is 4. The van der Waals surface area contributed by atoms with E-state index in [0.717, 1.165) is 24.7 Å². The minimum atomic E-state index is 0.405. The Labute approximate surface area is 146 Å². The molecule has 4 nitrogen and oxygen atoms in total. The van der Waals surface area contributed by atoms with Gasteiger partial charge in [0.1, 0.15) is 5.75 Å². The van der Waals surface area contributed by atoms with Gasteiger partial charge in [-0.15, -0.1) is 0 Å². The van der Waals surface area contributed by atoms with Crippen LogP contribution in [0.5, 0.6) is 5.75 Å². The van der Waals surface area contributed by atoms with Crippen molar-refractivity contribution >= 4 is 0 Å². The Morgan fingerprint density at radius 3 is 2.92 bits per heavy atom. The van der Waals surface area contributed by atoms with Crippen LogP contribution in [0.4, 0.5) is 0 Å². The third-order valence-electron chi connectivity index (χ3n) is 6.39. The minimum Gasteiger partial charge on any atom is -0.493 e. The summed E-state index contributed by atoms with van der Waals surface area (Å²) in [7, 11) is 2.33. The van der Waals surface area contributed by atoms with Gasteiger partial charge in [-0.1, -0.05) is 18.2 Å². The maximum Gasteiger partial charge on any atom is 0.122 e. The molecular weight excluding hydrogens is 298 g/mol. The van der Waals surface area contributed by atoms with Gasteiger partial charge in [0.25, 0.3) is 0 Å². The molecule has 24 heavy (non-hydrogen) atoms. The van der Waals surface area contributed by atoms with Gasteiger partial charge in [-0.3, -0.25) is 9.80 Å². The van der Waals surface area contributed by atoms with Crippen LogP contribution < -0.4 is 10.1 Å². The lowest BCUT2D eigenvalue weighted by molar-refractivity contribution is -0.0110. The van der Waals surface area contributed by atoms with Crippen molar-refractivity contribution < 1.29 is 4.74 Å². The first kappa shape index (κ1) is 16.4. The number of rotatable bonds is 2. The third-order valence-corrected chi connectivity index (χ3v) is 6.39. The molecule has 2 fully saturated rings. The Balaban J connectivity index is 1.42. The van der Waals surface area contributed by atoms with Crippen molar-refractivity contribution in [3.8, 4) is 5.75 Å². The molecule has 1 atom stereocenters. The number of piperidine rings is 1. The molecule has 3 aliphatic heterocycles. The van der Waals surface area contributed by atoms with Crippen LogP contribution in [0.25, 0.3) is 0 Å². The van der Waals surface area contributed by atoms with E-state index in [-0.39, 0.29) is 0 Å². The second-order valence-electron chi connectivity index (χ2n) is 7.95. The van der Waals surface area contributed by atoms with E-state index in [9.17, 15) is 0 Å². The lowest BCUT2D eigenvalue weighted by Gasteiger charge is -2.52. The lowest BCUT2D eigenvalue weighted by Crippen LogP contribution is -2.64. The van der Waals surface area contributed by atoms with Crippen molar-refractivity contribution in [2.24, 2.45) is 5.92 Å². The molecule has 1 N–H and O–H groups in total. The number of hydrogen-bond donors (Lipinski definition) is 1. The van der Waals surface area contributed by atoms with Crippen molar-refractivity contribution in [1.29, 1.82) is 0 Å². The van der Waals surface area contributed by atoms with Gasteiger partial charge in [-0.2, -0.15) is 0 Å². The smallest absolute Gasteiger partial charge is 0.122 e. The average Bonchev–Trinajstić information content (AvgIpc) is 2.81. The second kappa shape index (κ2) is 7.03. The molecular formula is C20H31N3O. The molecule has 1 unspecified atom stereocenters. The highest BCUT2D eigenvalue weighted by molar-refractivity contribution is 5.34. The van der Waals surface area contributed by atoms with Gasteiger partial charge in [-0.25, -0.2) is 0 Å². The molecule has 4 heteroatoms. The quantitative estimate of drug-likeness (QED) is 0.898. The molecule has 2 saturated heterocycles. The summed E-state index contributed by atoms with van der Waals surface area (Å²) in [5, 5.41) is 3.53. The first-order chi connectivity index (χ1) is 11.8. The van der Waals surface area contributed by atoms with Gasteiger partial charge in [0, 0.05) is 31.7 Å². The summed E-state index contributed by atoms with van der Waals surface area (Å²) in [6.07, 6.45) is 4.92. The first-order valence-electron chi connectivity index (χ1n) is 9.60. The van der Waals surface area contributed by atoms with Crippen LogP contribution in [0.1, 0.15) is 24.8 Å². The Morgan fingerprint density at radius 1 is 1.21 bits per heavy atom. The average molecular weight is 329 g/mol. The summed E-state index contributed by atoms with van der Waals surface area (Å²) in [4.78, 5) is 5.37. The first-order valence-corrected chi connectivity index (χ1v) is 9.60. The zero-order chi connectivity index (χ0) is 16.4. The fraction of sp³-hybridized carbons (Fsp3) is 0.700. The summed E-state index contributed by atoms with van der Waals surface area (Å²) in [5.41, 5.74) is 1.80. The zero-order valence-electron chi connectivity index (χ0n) is 15.0. The molecule has 0 saturated carbocycles. The second-order valence-corrected chi connectivity index (χ2v) is 7.95. The van der Waals surface area contributed by atoms with Crippen LogP contribution >= 0.6 is 0 Å². The topological polar surface area (TPSA) is 27.7 Å². The fourth-order valence-corrected chi connectivity index (χ4v) is 4.82. The normalized spacial score (nSPS) is 28.1. The Morgan fingerprint density at radius 2 is 2.04 bits per heavy atom. The molecule has 1 aromatic rings. The highest BCUT2D eigenvalue weighted by Crippen LogP contribution is 2.31. The van der Waals surface area contributed by atoms with Crippen molar-refractivity contribution in [3.63, 3.8) is 0 Å². The Kier molecular flexibility index (Phi) is 4.79. The van der Waals surface area contributed by atoms with Gasteiger partial charge in [-0.05, 0) is 63.4 Å². The van der Waals surface area contributed by atoms with E-state index >= 15 is 0 Å². The highest BCUT2D eigenvalue weighted by Gasteiger charge is 2.40. The number of benzene rings is 1. The van der Waals surface area contributed by atoms with Gasteiger partial charge in [0.2, 0.25) is 0 Å². The Hall–Kier alpha value is -1.10. The number of fused-ring (bicyclic) bond motifs is 1. The highest BCUT2D eigenvalue weighted by atomic mass is 16.5. The largest absolute Gasteiger partial charge is 0.493 e. The third kappa shape index (κ3) is 3.32. The molecule has 1 spiro atoms. The van der Waals surface area contributed by atoms with E-state index in [1.807, 2.05) is 0 Å². The van der Waals surface area contributed by atoms with Gasteiger partial charge in [0.15, 0.2) is 0 Å². The summed E-state index contributed by atoms with van der Waals surface area (Å²) < 4.78 is 5.96. The number of ether oxygens (including phenoxy) is 1. The molecule has 0 bridgehead atoms. The van der Waals surface area contributed by atoms with E-state index < -0.39 is 0 Å². The van der Waals surface area contributed by atoms with Gasteiger partial charge in [0.05, 0.1) is 6.61 Å². The molecule has 132 valence electrons. The summed E-state index contributed by atoms with van der Waals surface area (Å²) in [6.45, 7) is 8.09. The van der Waals surface area contributed by atoms with E-state index in [0.29, 0.717) is 5.54 Å². The predicted octanol–water partition coefficient (Wildman–Crippen LogP) is 2.00. The molecule has 3 heterocycles. The van der Waals surface area contributed by atoms with Crippen LogP contribution in [-0.4, -0.2) is 68.3 Å². The molecule has 1 aromatic carbocycles. The monoisotopic (exact) mass is 329 g/mol. The molecule has 0 amide bonds. The number of piperazine rings is 1. The molecule has 4 rings (SSSR count). The van der Waals surface area contributed by atoms with Crippen LogP contribution in [-0.2, 0) is 6.42 Å². The van der Waals surface area contributed by atoms with Crippen molar-refractivity contribution in [2.45, 2.75) is 31.2 Å². The van der Waals surface area contributed by atoms with Crippen molar-refractivity contribution in [3.05, 3.63) is 29.8 Å². The summed E-state index contributed by atoms with van der Waals surface area (Å²) in [5.74, 6) is 1.82. The van der Waals surface area contributed by atoms with Crippen molar-refractivity contribution in [2.75, 3.05) is 52.9 Å². The molecule has 0 radical (unpaired) electrons. The van der Waals surface area contributed by atoms with E-state index in [1.54, 1.807) is 0 Å². The summed E-state index contributed by atoms with van der Waals surface area (Å²) >= 11 is 0. The minimum absolute atomic E-state index is 0.405. The van der Waals surface area contributed by atoms with Crippen LogP contribution in [0.15, 0.2) is 24.3 Å². The number of para-hydroxylation sites is 1. The molecule has 3 aliphatic rings. The molecule has 0 aromatic heterocycles. The van der Waals surface area contributed by atoms with Crippen LogP contribution in [0.3, 0.4) is 0 Å². The number of likely N-dealkylation sites (N-methyl/N-ethyl adjacent to an activating group) is 1. The lowest BCUT2D eigenvalue weighted by atomic mass is 9.84. The SMILES string of the molecule is CN1CCN(CC2CCOc3ccccc3C2)CC12CCNCC2. The van der Waals surface area contributed by atoms with Crippen LogP contribution in [0, 0.1) is 5.92 Å². The predicted molar refractivity (Wildman–Crippen MR) is 97.7 cm³/mol. The van der Waals surface area contributed by atoms with E-state index in [2.05, 4.69) is 46.4 Å². The van der Waals surface area contributed by atoms with Gasteiger partial charge < -0.3 is 10.1 Å². The van der Waals surface area contributed by atoms with E-state index in [1.165, 1.54) is 64.1 Å². The molecule has 0 aliphatic carbocycles. The van der Waals surface area contributed by atoms with E-state index in [4.69, 9.17) is 4.74 Å². The fourth-order valence-electron chi connectivity index (χ4n) is 4.82. The van der Waals surface area contributed by atoms with Gasteiger partial charge >= 0.3 is 0 Å². The Bertz CT molecular complexity index is 556. The van der Waals surface area contributed by atoms with Crippen molar-refractivity contribution in [1.82, 2.24) is 15.1 Å². The zero-order valence-corrected chi connectivity index (χ0v) is 15.0. The maximum absolute atomic E-state index is 5.96. The number of nitrogens with one attached hydrogen (secondary N) is 1. The number of nitrogens with zero attached hydrogens (tertiary/aromatic N) is 2. The summed E-state index contributed by atoms with van der Waals surface area (Å²) in [6, 6.07) is 8.59. The van der Waals surface area contributed by atoms with Crippen LogP contribution in [0.2, 0.25) is 0 Å². The maximum atomic E-state index is 5.96.